The highest BCUT2D eigenvalue weighted by molar-refractivity contribution is 7.15. The molecule has 0 amide bonds. The number of nitrogens with two attached hydrogens (primary N) is 1. The number of hydrogen-bond donors (Lipinski definition) is 4. The van der Waals surface area contributed by atoms with Crippen molar-refractivity contribution in [3.8, 4) is 0 Å². The minimum atomic E-state index is -2.44. The van der Waals surface area contributed by atoms with E-state index in [9.17, 15) is 19.8 Å². The van der Waals surface area contributed by atoms with Gasteiger partial charge in [-0.05, 0) is 32.2 Å². The first-order valence-corrected chi connectivity index (χ1v) is 8.33. The second-order valence-corrected chi connectivity index (χ2v) is 6.46. The van der Waals surface area contributed by atoms with Crippen LogP contribution in [-0.2, 0) is 22.4 Å². The van der Waals surface area contributed by atoms with Crippen LogP contribution in [0.5, 0.6) is 0 Å². The Bertz CT molecular complexity index is 547. The fraction of sp³-hybridized carbons (Fsp3) is 0.643. The summed E-state index contributed by atoms with van der Waals surface area (Å²) in [6, 6.07) is 0.641. The van der Waals surface area contributed by atoms with Gasteiger partial charge in [-0.1, -0.05) is 6.92 Å². The predicted molar refractivity (Wildman–Crippen MR) is 82.7 cm³/mol. The van der Waals surface area contributed by atoms with Crippen LogP contribution in [-0.4, -0.2) is 51.9 Å². The number of aryl methyl sites for hydroxylation is 1. The molecule has 10 heteroatoms. The van der Waals surface area contributed by atoms with Crippen LogP contribution in [0.15, 0.2) is 0 Å². The third-order valence-electron chi connectivity index (χ3n) is 3.42. The lowest BCUT2D eigenvalue weighted by atomic mass is 9.98. The first-order chi connectivity index (χ1) is 11.3. The van der Waals surface area contributed by atoms with E-state index >= 15 is 0 Å². The Labute approximate surface area is 143 Å². The third kappa shape index (κ3) is 6.04. The molecule has 136 valence electrons. The van der Waals surface area contributed by atoms with E-state index in [0.29, 0.717) is 6.04 Å². The number of nitrogens with one attached hydrogen (secondary N) is 1. The molecule has 0 spiro atoms. The summed E-state index contributed by atoms with van der Waals surface area (Å²) < 4.78 is 0. The van der Waals surface area contributed by atoms with Crippen molar-refractivity contribution in [3.05, 3.63) is 10.6 Å². The second-order valence-electron chi connectivity index (χ2n) is 5.34. The lowest BCUT2D eigenvalue weighted by Gasteiger charge is -2.21. The number of aliphatic hydroxyl groups excluding tert-OH is 2. The highest BCUT2D eigenvalue weighted by Gasteiger charge is 2.21. The van der Waals surface area contributed by atoms with Crippen molar-refractivity contribution in [2.45, 2.75) is 50.9 Å². The number of nitrogen functional groups attached to an aromatic ring is 1. The van der Waals surface area contributed by atoms with Crippen LogP contribution in [0.4, 0.5) is 5.13 Å². The van der Waals surface area contributed by atoms with Gasteiger partial charge in [-0.3, -0.25) is 0 Å². The monoisotopic (exact) mass is 359 g/mol. The second kappa shape index (κ2) is 9.52. The summed E-state index contributed by atoms with van der Waals surface area (Å²) in [5.41, 5.74) is 6.93. The maximum Gasteiger partial charge on any atom is 0.180 e. The van der Waals surface area contributed by atoms with E-state index in [1.165, 1.54) is 23.4 Å². The topological polar surface area (TPSA) is 172 Å². The lowest BCUT2D eigenvalue weighted by molar-refractivity contribution is -0.333. The molecule has 5 N–H and O–H groups in total. The highest BCUT2D eigenvalue weighted by Crippen LogP contribution is 2.27. The number of rotatable bonds is 6. The summed E-state index contributed by atoms with van der Waals surface area (Å²) in [5, 5.41) is 40.0. The number of aromatic nitrogens is 1. The highest BCUT2D eigenvalue weighted by atomic mass is 32.1. The number of carbonyl (C=O) groups is 2. The van der Waals surface area contributed by atoms with E-state index in [-0.39, 0.29) is 0 Å². The zero-order valence-corrected chi connectivity index (χ0v) is 14.0. The standard InChI is InChI=1S/C10H17N3S.C4H6O6/c1-2-5-12-7-3-4-8-9(6-7)14-10(11)13-8;5-1(3(7)8)2(6)4(9)10/h7,12H,2-6H2,1H3,(H2,11,13);1-2,5-6H,(H,7,8)(H,9,10)/p-2/t7-;/m0./s1. The number of anilines is 1. The minimum Gasteiger partial charge on any atom is -0.547 e. The lowest BCUT2D eigenvalue weighted by Crippen LogP contribution is -2.51. The number of fused-ring (bicyclic) bond motifs is 1. The van der Waals surface area contributed by atoms with Crippen LogP contribution in [0.3, 0.4) is 0 Å². The molecular formula is C14H21N3O6S-2. The number of nitrogens with zero attached hydrogens (tertiary/aromatic N) is 1. The van der Waals surface area contributed by atoms with Gasteiger partial charge in [0, 0.05) is 10.9 Å². The number of thiazole rings is 1. The van der Waals surface area contributed by atoms with Gasteiger partial charge in [-0.2, -0.15) is 0 Å². The van der Waals surface area contributed by atoms with E-state index in [2.05, 4.69) is 17.2 Å². The molecule has 1 aromatic heterocycles. The number of carboxylic acid groups (broad SMARTS) is 2. The van der Waals surface area contributed by atoms with Crippen molar-refractivity contribution in [3.63, 3.8) is 0 Å². The van der Waals surface area contributed by atoms with Crippen molar-refractivity contribution < 1.29 is 30.0 Å². The molecule has 1 aromatic rings. The molecule has 1 aliphatic carbocycles. The Morgan fingerprint density at radius 2 is 1.96 bits per heavy atom. The molecule has 0 bridgehead atoms. The Morgan fingerprint density at radius 1 is 1.38 bits per heavy atom. The fourth-order valence-corrected chi connectivity index (χ4v) is 3.13. The molecule has 0 aromatic carbocycles. The maximum atomic E-state index is 9.63. The van der Waals surface area contributed by atoms with Crippen molar-refractivity contribution in [1.29, 1.82) is 0 Å². The van der Waals surface area contributed by atoms with Gasteiger partial charge in [0.2, 0.25) is 0 Å². The number of aliphatic carboxylic acids is 2. The van der Waals surface area contributed by atoms with Crippen LogP contribution in [0.1, 0.15) is 30.3 Å². The van der Waals surface area contributed by atoms with Crippen LogP contribution in [0.2, 0.25) is 0 Å². The summed E-state index contributed by atoms with van der Waals surface area (Å²) in [5.74, 6) is -4.12. The molecule has 0 saturated heterocycles. The van der Waals surface area contributed by atoms with Gasteiger partial charge < -0.3 is 41.1 Å². The molecular weight excluding hydrogens is 338 g/mol. The summed E-state index contributed by atoms with van der Waals surface area (Å²) in [6.45, 7) is 3.32. The van der Waals surface area contributed by atoms with E-state index in [1.807, 2.05) is 0 Å². The van der Waals surface area contributed by atoms with Gasteiger partial charge in [0.25, 0.3) is 0 Å². The van der Waals surface area contributed by atoms with Crippen LogP contribution in [0, 0.1) is 0 Å². The Morgan fingerprint density at radius 3 is 2.46 bits per heavy atom. The molecule has 1 heterocycles. The van der Waals surface area contributed by atoms with Gasteiger partial charge >= 0.3 is 0 Å². The Kier molecular flexibility index (Phi) is 8.05. The zero-order chi connectivity index (χ0) is 18.3. The van der Waals surface area contributed by atoms with Crippen molar-refractivity contribution in [2.24, 2.45) is 0 Å². The summed E-state index contributed by atoms with van der Waals surface area (Å²) in [6.07, 6.45) is -0.270. The first kappa shape index (κ1) is 20.3. The van der Waals surface area contributed by atoms with Crippen molar-refractivity contribution in [2.75, 3.05) is 12.3 Å². The maximum absolute atomic E-state index is 9.63. The summed E-state index contributed by atoms with van der Waals surface area (Å²) >= 11 is 1.65. The van der Waals surface area contributed by atoms with Gasteiger partial charge in [-0.25, -0.2) is 4.98 Å². The number of hydrogen-bond acceptors (Lipinski definition) is 10. The quantitative estimate of drug-likeness (QED) is 0.408. The predicted octanol–water partition coefficient (Wildman–Crippen LogP) is -3.21. The van der Waals surface area contributed by atoms with Gasteiger partial charge in [-0.15, -0.1) is 11.3 Å². The van der Waals surface area contributed by atoms with E-state index < -0.39 is 24.1 Å². The van der Waals surface area contributed by atoms with Gasteiger partial charge in [0.05, 0.1) is 17.6 Å². The number of aliphatic hydroxyl groups is 2. The molecule has 2 unspecified atom stereocenters. The third-order valence-corrected chi connectivity index (χ3v) is 4.37. The number of carboxylic acids is 2. The molecule has 0 saturated carbocycles. The molecule has 0 radical (unpaired) electrons. The zero-order valence-electron chi connectivity index (χ0n) is 13.2. The van der Waals surface area contributed by atoms with E-state index in [0.717, 1.165) is 24.5 Å². The molecule has 2 rings (SSSR count). The minimum absolute atomic E-state index is 0.641. The smallest absolute Gasteiger partial charge is 0.180 e. The molecule has 0 aliphatic heterocycles. The van der Waals surface area contributed by atoms with Crippen molar-refractivity contribution in [1.82, 2.24) is 10.3 Å². The molecule has 9 nitrogen and oxygen atoms in total. The van der Waals surface area contributed by atoms with Crippen LogP contribution < -0.4 is 21.3 Å². The van der Waals surface area contributed by atoms with Gasteiger partial charge in [0.15, 0.2) is 5.13 Å². The largest absolute Gasteiger partial charge is 0.547 e. The fourth-order valence-electron chi connectivity index (χ4n) is 2.18. The molecule has 24 heavy (non-hydrogen) atoms. The van der Waals surface area contributed by atoms with Crippen LogP contribution >= 0.6 is 11.3 Å². The molecule has 3 atom stereocenters. The van der Waals surface area contributed by atoms with E-state index in [4.69, 9.17) is 15.9 Å². The average molecular weight is 359 g/mol. The summed E-state index contributed by atoms with van der Waals surface area (Å²) in [7, 11) is 0. The summed E-state index contributed by atoms with van der Waals surface area (Å²) in [4.78, 5) is 25.0. The normalized spacial score (nSPS) is 18.7. The number of carbonyl (C=O) groups excluding carboxylic acids is 2. The van der Waals surface area contributed by atoms with Crippen molar-refractivity contribution >= 4 is 28.4 Å². The van der Waals surface area contributed by atoms with Crippen LogP contribution in [0.25, 0.3) is 0 Å². The average Bonchev–Trinajstić information content (AvgIpc) is 2.91. The molecule has 1 aliphatic rings. The van der Waals surface area contributed by atoms with E-state index in [1.54, 1.807) is 11.3 Å². The SMILES string of the molecule is CCCN[C@H]1CCc2nc(N)sc2C1.O=C([O-])C(O)C(O)C(=O)[O-]. The molecule has 0 fully saturated rings. The Hall–Kier alpha value is -1.75. The first-order valence-electron chi connectivity index (χ1n) is 7.51. The Balaban J connectivity index is 0.000000257. The van der Waals surface area contributed by atoms with Gasteiger partial charge in [0.1, 0.15) is 12.2 Å².